The Kier molecular flexibility index (Phi) is 6.15. The number of carboxylic acid groups (broad SMARTS) is 1. The second kappa shape index (κ2) is 8.52. The lowest BCUT2D eigenvalue weighted by Crippen LogP contribution is -2.22. The number of aromatic carboxylic acids is 1. The summed E-state index contributed by atoms with van der Waals surface area (Å²) in [6.45, 7) is 1.28. The van der Waals surface area contributed by atoms with Gasteiger partial charge in [0.2, 0.25) is 5.75 Å². The van der Waals surface area contributed by atoms with E-state index in [-0.39, 0.29) is 11.3 Å². The van der Waals surface area contributed by atoms with E-state index < -0.39 is 11.9 Å². The number of ether oxygens (including phenoxy) is 3. The summed E-state index contributed by atoms with van der Waals surface area (Å²) in [5, 5.41) is 14.9. The maximum absolute atomic E-state index is 11.2. The summed E-state index contributed by atoms with van der Waals surface area (Å²) in [5.74, 6) is -0.986. The van der Waals surface area contributed by atoms with E-state index in [2.05, 4.69) is 10.5 Å². The SMILES string of the molecule is COc1cc(/C=N\Nc2cccc(C(=O)[O-])c2)cc(OC)c1OC(C)=O. The van der Waals surface area contributed by atoms with Gasteiger partial charge in [0.15, 0.2) is 11.5 Å². The number of methoxy groups -OCH3 is 2. The van der Waals surface area contributed by atoms with Crippen LogP contribution in [0.15, 0.2) is 41.5 Å². The van der Waals surface area contributed by atoms with Crippen LogP contribution >= 0.6 is 0 Å². The topological polar surface area (TPSA) is 109 Å². The second-order valence-electron chi connectivity index (χ2n) is 5.09. The van der Waals surface area contributed by atoms with E-state index in [0.717, 1.165) is 0 Å². The fourth-order valence-corrected chi connectivity index (χ4v) is 2.12. The molecule has 8 heteroatoms. The molecule has 0 spiro atoms. The lowest BCUT2D eigenvalue weighted by atomic mass is 10.2. The minimum absolute atomic E-state index is 0.0410. The van der Waals surface area contributed by atoms with Crippen molar-refractivity contribution in [3.8, 4) is 17.2 Å². The molecule has 2 rings (SSSR count). The number of carbonyl (C=O) groups is 2. The first-order valence-electron chi connectivity index (χ1n) is 7.49. The molecule has 0 aliphatic rings. The van der Waals surface area contributed by atoms with E-state index in [1.165, 1.54) is 39.5 Å². The number of anilines is 1. The number of benzene rings is 2. The molecule has 0 aliphatic carbocycles. The van der Waals surface area contributed by atoms with Gasteiger partial charge in [0.05, 0.1) is 32.1 Å². The molecule has 0 bridgehead atoms. The molecule has 0 aromatic heterocycles. The largest absolute Gasteiger partial charge is 0.545 e. The molecular formula is C18H17N2O6-. The van der Waals surface area contributed by atoms with Crippen LogP contribution in [-0.2, 0) is 4.79 Å². The van der Waals surface area contributed by atoms with Gasteiger partial charge in [-0.1, -0.05) is 12.1 Å². The van der Waals surface area contributed by atoms with Crippen LogP contribution in [0.25, 0.3) is 0 Å². The Morgan fingerprint density at radius 1 is 1.12 bits per heavy atom. The predicted molar refractivity (Wildman–Crippen MR) is 92.8 cm³/mol. The molecule has 0 aliphatic heterocycles. The molecule has 0 fully saturated rings. The highest BCUT2D eigenvalue weighted by Crippen LogP contribution is 2.38. The van der Waals surface area contributed by atoms with Crippen molar-refractivity contribution in [1.82, 2.24) is 0 Å². The number of esters is 1. The van der Waals surface area contributed by atoms with E-state index in [1.807, 2.05) is 0 Å². The van der Waals surface area contributed by atoms with E-state index in [4.69, 9.17) is 14.2 Å². The summed E-state index contributed by atoms with van der Waals surface area (Å²) in [7, 11) is 2.87. The Hall–Kier alpha value is -3.55. The van der Waals surface area contributed by atoms with Crippen molar-refractivity contribution in [2.75, 3.05) is 19.6 Å². The number of nitrogens with one attached hydrogen (secondary N) is 1. The molecule has 0 saturated carbocycles. The van der Waals surface area contributed by atoms with Crippen LogP contribution < -0.4 is 24.7 Å². The summed E-state index contributed by atoms with van der Waals surface area (Å²) in [6.07, 6.45) is 1.48. The number of hydrazone groups is 1. The molecular weight excluding hydrogens is 340 g/mol. The Labute approximate surface area is 150 Å². The van der Waals surface area contributed by atoms with Crippen molar-refractivity contribution in [3.05, 3.63) is 47.5 Å². The first kappa shape index (κ1) is 18.8. The zero-order chi connectivity index (χ0) is 19.1. The number of hydrogen-bond donors (Lipinski definition) is 1. The van der Waals surface area contributed by atoms with Gasteiger partial charge in [-0.3, -0.25) is 10.2 Å². The molecule has 2 aromatic carbocycles. The van der Waals surface area contributed by atoms with Crippen molar-refractivity contribution >= 4 is 23.8 Å². The van der Waals surface area contributed by atoms with Gasteiger partial charge in [0.25, 0.3) is 0 Å². The van der Waals surface area contributed by atoms with Gasteiger partial charge >= 0.3 is 5.97 Å². The van der Waals surface area contributed by atoms with Gasteiger partial charge in [-0.15, -0.1) is 0 Å². The van der Waals surface area contributed by atoms with Crippen molar-refractivity contribution in [3.63, 3.8) is 0 Å². The van der Waals surface area contributed by atoms with Crippen LogP contribution in [0.3, 0.4) is 0 Å². The quantitative estimate of drug-likeness (QED) is 0.345. The molecule has 0 radical (unpaired) electrons. The van der Waals surface area contributed by atoms with Gasteiger partial charge in [-0.05, 0) is 29.8 Å². The standard InChI is InChI=1S/C18H18N2O6/c1-11(21)26-17-15(24-2)7-12(8-16(17)25-3)10-19-20-14-6-4-5-13(9-14)18(22)23/h4-10,20H,1-3H3,(H,22,23)/p-1/b19-10-. The Bertz CT molecular complexity index is 822. The molecule has 0 unspecified atom stereocenters. The number of hydrogen-bond acceptors (Lipinski definition) is 8. The lowest BCUT2D eigenvalue weighted by Gasteiger charge is -2.13. The van der Waals surface area contributed by atoms with Crippen LogP contribution in [-0.4, -0.2) is 32.4 Å². The van der Waals surface area contributed by atoms with Crippen LogP contribution in [0.1, 0.15) is 22.8 Å². The molecule has 0 saturated heterocycles. The molecule has 8 nitrogen and oxygen atoms in total. The molecule has 0 atom stereocenters. The Morgan fingerprint density at radius 3 is 2.31 bits per heavy atom. The fourth-order valence-electron chi connectivity index (χ4n) is 2.12. The maximum Gasteiger partial charge on any atom is 0.308 e. The first-order chi connectivity index (χ1) is 12.4. The van der Waals surface area contributed by atoms with Gasteiger partial charge in [0.1, 0.15) is 0 Å². The van der Waals surface area contributed by atoms with Gasteiger partial charge in [-0.25, -0.2) is 0 Å². The highest BCUT2D eigenvalue weighted by molar-refractivity contribution is 5.87. The molecule has 2 aromatic rings. The Balaban J connectivity index is 2.23. The molecule has 0 heterocycles. The average Bonchev–Trinajstić information content (AvgIpc) is 2.62. The lowest BCUT2D eigenvalue weighted by molar-refractivity contribution is -0.255. The van der Waals surface area contributed by atoms with Crippen LogP contribution in [0.4, 0.5) is 5.69 Å². The second-order valence-corrected chi connectivity index (χ2v) is 5.09. The molecule has 26 heavy (non-hydrogen) atoms. The Morgan fingerprint density at radius 2 is 1.77 bits per heavy atom. The summed E-state index contributed by atoms with van der Waals surface area (Å²) in [6, 6.07) is 9.29. The van der Waals surface area contributed by atoms with Gasteiger partial charge in [0, 0.05) is 12.5 Å². The molecule has 0 amide bonds. The monoisotopic (exact) mass is 357 g/mol. The predicted octanol–water partition coefficient (Wildman–Crippen LogP) is 1.44. The normalized spacial score (nSPS) is 10.4. The average molecular weight is 357 g/mol. The fraction of sp³-hybridized carbons (Fsp3) is 0.167. The smallest absolute Gasteiger partial charge is 0.308 e. The number of carboxylic acids is 1. The van der Waals surface area contributed by atoms with Gasteiger partial charge in [-0.2, -0.15) is 5.10 Å². The highest BCUT2D eigenvalue weighted by atomic mass is 16.6. The summed E-state index contributed by atoms with van der Waals surface area (Å²) >= 11 is 0. The third-order valence-corrected chi connectivity index (χ3v) is 3.23. The van der Waals surface area contributed by atoms with Crippen LogP contribution in [0.5, 0.6) is 17.2 Å². The highest BCUT2D eigenvalue weighted by Gasteiger charge is 2.15. The van der Waals surface area contributed by atoms with Crippen molar-refractivity contribution in [2.24, 2.45) is 5.10 Å². The van der Waals surface area contributed by atoms with E-state index in [9.17, 15) is 14.7 Å². The van der Waals surface area contributed by atoms with E-state index >= 15 is 0 Å². The minimum Gasteiger partial charge on any atom is -0.545 e. The summed E-state index contributed by atoms with van der Waals surface area (Å²) in [5.41, 5.74) is 3.86. The molecule has 1 N–H and O–H groups in total. The summed E-state index contributed by atoms with van der Waals surface area (Å²) in [4.78, 5) is 22.1. The number of rotatable bonds is 7. The number of nitrogens with zero attached hydrogens (tertiary/aromatic N) is 1. The zero-order valence-electron chi connectivity index (χ0n) is 14.4. The van der Waals surface area contributed by atoms with E-state index in [1.54, 1.807) is 24.3 Å². The van der Waals surface area contributed by atoms with Crippen molar-refractivity contribution in [2.45, 2.75) is 6.92 Å². The third kappa shape index (κ3) is 4.73. The van der Waals surface area contributed by atoms with Crippen molar-refractivity contribution in [1.29, 1.82) is 0 Å². The maximum atomic E-state index is 11.2. The van der Waals surface area contributed by atoms with Crippen molar-refractivity contribution < 1.29 is 28.9 Å². The van der Waals surface area contributed by atoms with Crippen LogP contribution in [0.2, 0.25) is 0 Å². The number of carbonyl (C=O) groups excluding carboxylic acids is 2. The molecule has 136 valence electrons. The van der Waals surface area contributed by atoms with Crippen LogP contribution in [0, 0.1) is 0 Å². The first-order valence-corrected chi connectivity index (χ1v) is 7.49. The zero-order valence-corrected chi connectivity index (χ0v) is 14.4. The summed E-state index contributed by atoms with van der Waals surface area (Å²) < 4.78 is 15.6. The van der Waals surface area contributed by atoms with E-state index in [0.29, 0.717) is 22.7 Å². The minimum atomic E-state index is -1.27. The third-order valence-electron chi connectivity index (χ3n) is 3.23. The van der Waals surface area contributed by atoms with Gasteiger partial charge < -0.3 is 24.1 Å².